The van der Waals surface area contributed by atoms with E-state index in [0.29, 0.717) is 36.2 Å². The molecule has 1 aromatic rings. The van der Waals surface area contributed by atoms with Crippen LogP contribution < -0.4 is 15.4 Å². The molecule has 2 bridgehead atoms. The van der Waals surface area contributed by atoms with Gasteiger partial charge in [0.2, 0.25) is 5.91 Å². The van der Waals surface area contributed by atoms with Crippen molar-refractivity contribution in [2.45, 2.75) is 50.2 Å². The van der Waals surface area contributed by atoms with Crippen molar-refractivity contribution in [3.8, 4) is 5.75 Å². The van der Waals surface area contributed by atoms with Crippen LogP contribution in [0, 0.1) is 5.92 Å². The van der Waals surface area contributed by atoms with E-state index in [-0.39, 0.29) is 24.2 Å². The third-order valence-corrected chi connectivity index (χ3v) is 5.35. The Morgan fingerprint density at radius 2 is 2.00 bits per heavy atom. The Morgan fingerprint density at radius 3 is 2.74 bits per heavy atom. The van der Waals surface area contributed by atoms with Gasteiger partial charge in [-0.15, -0.1) is 12.4 Å². The van der Waals surface area contributed by atoms with Crippen LogP contribution in [0.4, 0.5) is 0 Å². The number of fused-ring (bicyclic) bond motifs is 3. The molecule has 2 N–H and O–H groups in total. The van der Waals surface area contributed by atoms with Gasteiger partial charge in [-0.25, -0.2) is 0 Å². The molecule has 6 heteroatoms. The molecular formula is C17H22Cl2N2O2. The maximum Gasteiger partial charge on any atom is 0.227 e. The molecule has 3 aliphatic rings. The summed E-state index contributed by atoms with van der Waals surface area (Å²) >= 11 is 6.04. The van der Waals surface area contributed by atoms with Crippen molar-refractivity contribution in [3.63, 3.8) is 0 Å². The second-order valence-corrected chi connectivity index (χ2v) is 7.22. The summed E-state index contributed by atoms with van der Waals surface area (Å²) in [5, 5.41) is 7.54. The summed E-state index contributed by atoms with van der Waals surface area (Å²) in [6, 6.07) is 7.10. The fourth-order valence-corrected chi connectivity index (χ4v) is 4.22. The molecule has 1 amide bonds. The van der Waals surface area contributed by atoms with E-state index in [0.717, 1.165) is 24.2 Å². The number of rotatable bonds is 2. The molecule has 3 aliphatic heterocycles. The SMILES string of the molecule is Cl.O=C(NC1CC2CCC(C1)N2)C1COc2ccc(Cl)cc2C1. The Bertz CT molecular complexity index is 584. The number of benzene rings is 1. The minimum absolute atomic E-state index is 0. The third kappa shape index (κ3) is 3.59. The maximum absolute atomic E-state index is 12.6. The second-order valence-electron chi connectivity index (χ2n) is 6.78. The number of carbonyl (C=O) groups excluding carboxylic acids is 1. The van der Waals surface area contributed by atoms with E-state index >= 15 is 0 Å². The van der Waals surface area contributed by atoms with Crippen molar-refractivity contribution in [2.24, 2.45) is 5.92 Å². The number of ether oxygens (including phenoxy) is 1. The normalized spacial score (nSPS) is 31.5. The number of halogens is 2. The van der Waals surface area contributed by atoms with E-state index in [1.165, 1.54) is 12.8 Å². The van der Waals surface area contributed by atoms with Crippen LogP contribution in [0.3, 0.4) is 0 Å². The smallest absolute Gasteiger partial charge is 0.227 e. The van der Waals surface area contributed by atoms with Gasteiger partial charge in [0.05, 0.1) is 5.92 Å². The number of amides is 1. The van der Waals surface area contributed by atoms with Gasteiger partial charge in [-0.3, -0.25) is 4.79 Å². The average Bonchev–Trinajstić information content (AvgIpc) is 2.85. The highest BCUT2D eigenvalue weighted by molar-refractivity contribution is 6.30. The van der Waals surface area contributed by atoms with Crippen molar-refractivity contribution in [3.05, 3.63) is 28.8 Å². The minimum atomic E-state index is -0.112. The highest BCUT2D eigenvalue weighted by Crippen LogP contribution is 2.31. The summed E-state index contributed by atoms with van der Waals surface area (Å²) in [5.41, 5.74) is 1.03. The zero-order chi connectivity index (χ0) is 15.1. The Labute approximate surface area is 147 Å². The van der Waals surface area contributed by atoms with E-state index in [9.17, 15) is 4.79 Å². The number of piperidine rings is 1. The van der Waals surface area contributed by atoms with Gasteiger partial charge in [-0.05, 0) is 55.9 Å². The van der Waals surface area contributed by atoms with Gasteiger partial charge < -0.3 is 15.4 Å². The molecule has 23 heavy (non-hydrogen) atoms. The molecule has 0 radical (unpaired) electrons. The molecule has 3 atom stereocenters. The number of hydrogen-bond donors (Lipinski definition) is 2. The first-order valence-corrected chi connectivity index (χ1v) is 8.53. The Balaban J connectivity index is 0.00000156. The standard InChI is InChI=1S/C17H21ClN2O2.ClH/c18-12-1-4-16-10(6-12)5-11(9-22-16)17(21)20-15-7-13-2-3-14(8-15)19-13;/h1,4,6,11,13-15,19H,2-3,5,7-9H2,(H,20,21);1H. The van der Waals surface area contributed by atoms with Crippen LogP contribution in [0.1, 0.15) is 31.2 Å². The highest BCUT2D eigenvalue weighted by atomic mass is 35.5. The zero-order valence-electron chi connectivity index (χ0n) is 12.9. The molecule has 0 aliphatic carbocycles. The van der Waals surface area contributed by atoms with Crippen LogP contribution in [0.2, 0.25) is 5.02 Å². The lowest BCUT2D eigenvalue weighted by Gasteiger charge is -2.32. The van der Waals surface area contributed by atoms with E-state index < -0.39 is 0 Å². The van der Waals surface area contributed by atoms with Gasteiger partial charge in [0, 0.05) is 23.1 Å². The first-order chi connectivity index (χ1) is 10.7. The maximum atomic E-state index is 12.6. The molecule has 126 valence electrons. The highest BCUT2D eigenvalue weighted by Gasteiger charge is 2.35. The van der Waals surface area contributed by atoms with Crippen LogP contribution in [0.15, 0.2) is 18.2 Å². The molecule has 3 heterocycles. The quantitative estimate of drug-likeness (QED) is 0.856. The Kier molecular flexibility index (Phi) is 5.04. The lowest BCUT2D eigenvalue weighted by molar-refractivity contribution is -0.127. The average molecular weight is 357 g/mol. The van der Waals surface area contributed by atoms with Crippen LogP contribution in [-0.2, 0) is 11.2 Å². The number of hydrogen-bond acceptors (Lipinski definition) is 3. The summed E-state index contributed by atoms with van der Waals surface area (Å²) in [6.45, 7) is 0.457. The predicted octanol–water partition coefficient (Wildman–Crippen LogP) is 2.71. The van der Waals surface area contributed by atoms with Crippen LogP contribution in [0.25, 0.3) is 0 Å². The van der Waals surface area contributed by atoms with Crippen molar-refractivity contribution in [1.29, 1.82) is 0 Å². The summed E-state index contributed by atoms with van der Waals surface area (Å²) in [7, 11) is 0. The molecule has 1 aromatic carbocycles. The molecule has 4 nitrogen and oxygen atoms in total. The molecule has 2 saturated heterocycles. The first-order valence-electron chi connectivity index (χ1n) is 8.15. The third-order valence-electron chi connectivity index (χ3n) is 5.12. The van der Waals surface area contributed by atoms with Gasteiger partial charge in [-0.2, -0.15) is 0 Å². The van der Waals surface area contributed by atoms with Gasteiger partial charge in [0.1, 0.15) is 12.4 Å². The van der Waals surface area contributed by atoms with Crippen molar-refractivity contribution >= 4 is 29.9 Å². The molecular weight excluding hydrogens is 335 g/mol. The monoisotopic (exact) mass is 356 g/mol. The summed E-state index contributed by atoms with van der Waals surface area (Å²) < 4.78 is 5.72. The van der Waals surface area contributed by atoms with Gasteiger partial charge in [0.25, 0.3) is 0 Å². The predicted molar refractivity (Wildman–Crippen MR) is 92.5 cm³/mol. The number of nitrogens with one attached hydrogen (secondary N) is 2. The van der Waals surface area contributed by atoms with Crippen molar-refractivity contribution < 1.29 is 9.53 Å². The largest absolute Gasteiger partial charge is 0.492 e. The molecule has 2 fully saturated rings. The van der Waals surface area contributed by atoms with Crippen molar-refractivity contribution in [2.75, 3.05) is 6.61 Å². The molecule has 0 saturated carbocycles. The zero-order valence-corrected chi connectivity index (χ0v) is 14.5. The molecule has 3 unspecified atom stereocenters. The van der Waals surface area contributed by atoms with Crippen LogP contribution >= 0.6 is 24.0 Å². The molecule has 4 rings (SSSR count). The molecule has 0 spiro atoms. The van der Waals surface area contributed by atoms with Crippen LogP contribution in [0.5, 0.6) is 5.75 Å². The minimum Gasteiger partial charge on any atom is -0.492 e. The van der Waals surface area contributed by atoms with Crippen molar-refractivity contribution in [1.82, 2.24) is 10.6 Å². The summed E-state index contributed by atoms with van der Waals surface area (Å²) in [6.07, 6.45) is 5.31. The van der Waals surface area contributed by atoms with E-state index in [1.54, 1.807) is 0 Å². The lowest BCUT2D eigenvalue weighted by atomic mass is 9.94. The molecule has 0 aromatic heterocycles. The van der Waals surface area contributed by atoms with E-state index in [4.69, 9.17) is 16.3 Å². The van der Waals surface area contributed by atoms with E-state index in [1.807, 2.05) is 18.2 Å². The topological polar surface area (TPSA) is 50.4 Å². The summed E-state index contributed by atoms with van der Waals surface area (Å²) in [4.78, 5) is 12.6. The Morgan fingerprint density at radius 1 is 1.26 bits per heavy atom. The number of carbonyl (C=O) groups is 1. The fraction of sp³-hybridized carbons (Fsp3) is 0.588. The van der Waals surface area contributed by atoms with Crippen LogP contribution in [-0.4, -0.2) is 30.6 Å². The second kappa shape index (κ2) is 6.88. The lowest BCUT2D eigenvalue weighted by Crippen LogP contribution is -2.50. The fourth-order valence-electron chi connectivity index (χ4n) is 4.03. The van der Waals surface area contributed by atoms with Gasteiger partial charge in [-0.1, -0.05) is 11.6 Å². The summed E-state index contributed by atoms with van der Waals surface area (Å²) in [5.74, 6) is 0.865. The van der Waals surface area contributed by atoms with E-state index in [2.05, 4.69) is 10.6 Å². The van der Waals surface area contributed by atoms with Gasteiger partial charge >= 0.3 is 0 Å². The Hall–Kier alpha value is -0.970. The van der Waals surface area contributed by atoms with Gasteiger partial charge in [0.15, 0.2) is 0 Å². The first kappa shape index (κ1) is 16.9.